The highest BCUT2D eigenvalue weighted by molar-refractivity contribution is 6.74. The van der Waals surface area contributed by atoms with Crippen molar-refractivity contribution in [3.05, 3.63) is 48.6 Å². The highest BCUT2D eigenvalue weighted by Crippen LogP contribution is 2.39. The van der Waals surface area contributed by atoms with Crippen LogP contribution in [0.5, 0.6) is 0 Å². The Kier molecular flexibility index (Phi) is 6.62. The minimum Gasteiger partial charge on any atom is -0.411 e. The van der Waals surface area contributed by atoms with E-state index < -0.39 is 20.7 Å². The van der Waals surface area contributed by atoms with E-state index in [-0.39, 0.29) is 17.1 Å². The molecule has 0 aliphatic carbocycles. The van der Waals surface area contributed by atoms with Crippen LogP contribution in [-0.4, -0.2) is 38.5 Å². The van der Waals surface area contributed by atoms with Crippen molar-refractivity contribution >= 4 is 8.32 Å². The first kappa shape index (κ1) is 20.3. The average molecular weight is 365 g/mol. The van der Waals surface area contributed by atoms with Crippen LogP contribution in [-0.2, 0) is 20.5 Å². The molecule has 25 heavy (non-hydrogen) atoms. The molecule has 4 nitrogen and oxygen atoms in total. The minimum atomic E-state index is -1.95. The summed E-state index contributed by atoms with van der Waals surface area (Å²) in [6, 6.07) is 9.87. The zero-order chi connectivity index (χ0) is 18.7. The standard InChI is InChI=1S/C20H32O4Si/c1-7-16-17(24-25(5,6)20(2,3)4)14-23-19(18(16)21)22-13-15-11-9-8-10-12-15/h7-12,16-19,21H,1,13-14H2,2-6H3/t16-,17+,18+,19+/m1/s1. The van der Waals surface area contributed by atoms with Crippen molar-refractivity contribution in [1.82, 2.24) is 0 Å². The molecule has 0 amide bonds. The zero-order valence-electron chi connectivity index (χ0n) is 16.1. The van der Waals surface area contributed by atoms with Crippen LogP contribution in [0.25, 0.3) is 0 Å². The molecule has 1 aromatic rings. The van der Waals surface area contributed by atoms with Crippen LogP contribution in [0.1, 0.15) is 26.3 Å². The Morgan fingerprint density at radius 3 is 2.48 bits per heavy atom. The van der Waals surface area contributed by atoms with Gasteiger partial charge < -0.3 is 19.0 Å². The van der Waals surface area contributed by atoms with E-state index in [1.165, 1.54) is 0 Å². The maximum atomic E-state index is 10.7. The van der Waals surface area contributed by atoms with Gasteiger partial charge in [-0.15, -0.1) is 6.58 Å². The topological polar surface area (TPSA) is 47.9 Å². The monoisotopic (exact) mass is 364 g/mol. The first-order valence-electron chi connectivity index (χ1n) is 8.91. The third kappa shape index (κ3) is 5.02. The van der Waals surface area contributed by atoms with Crippen molar-refractivity contribution in [3.63, 3.8) is 0 Å². The molecule has 0 aromatic heterocycles. The molecule has 1 fully saturated rings. The maximum absolute atomic E-state index is 10.7. The summed E-state index contributed by atoms with van der Waals surface area (Å²) in [5, 5.41) is 10.8. The molecular formula is C20H32O4Si. The van der Waals surface area contributed by atoms with Gasteiger partial charge in [-0.2, -0.15) is 0 Å². The van der Waals surface area contributed by atoms with Crippen LogP contribution in [0.4, 0.5) is 0 Å². The lowest BCUT2D eigenvalue weighted by molar-refractivity contribution is -0.251. The molecule has 2 rings (SSSR count). The Morgan fingerprint density at radius 1 is 1.28 bits per heavy atom. The van der Waals surface area contributed by atoms with Crippen molar-refractivity contribution in [2.24, 2.45) is 5.92 Å². The molecule has 0 radical (unpaired) electrons. The first-order chi connectivity index (χ1) is 11.7. The fourth-order valence-electron chi connectivity index (χ4n) is 2.66. The molecule has 1 heterocycles. The van der Waals surface area contributed by atoms with E-state index >= 15 is 0 Å². The van der Waals surface area contributed by atoms with E-state index in [9.17, 15) is 5.11 Å². The lowest BCUT2D eigenvalue weighted by atomic mass is 9.93. The van der Waals surface area contributed by atoms with Gasteiger partial charge in [0.1, 0.15) is 6.10 Å². The number of rotatable bonds is 6. The van der Waals surface area contributed by atoms with Gasteiger partial charge in [0.15, 0.2) is 14.6 Å². The van der Waals surface area contributed by atoms with Crippen LogP contribution in [0, 0.1) is 5.92 Å². The molecule has 0 saturated carbocycles. The summed E-state index contributed by atoms with van der Waals surface area (Å²) >= 11 is 0. The lowest BCUT2D eigenvalue weighted by Gasteiger charge is -2.45. The lowest BCUT2D eigenvalue weighted by Crippen LogP contribution is -2.55. The molecule has 0 unspecified atom stereocenters. The molecule has 140 valence electrons. The van der Waals surface area contributed by atoms with Gasteiger partial charge in [0.05, 0.1) is 19.3 Å². The molecular weight excluding hydrogens is 332 g/mol. The third-order valence-corrected chi connectivity index (χ3v) is 9.81. The number of aliphatic hydroxyl groups excluding tert-OH is 1. The molecule has 4 atom stereocenters. The summed E-state index contributed by atoms with van der Waals surface area (Å²) in [5.74, 6) is -0.205. The summed E-state index contributed by atoms with van der Waals surface area (Å²) in [7, 11) is -1.95. The van der Waals surface area contributed by atoms with Gasteiger partial charge in [-0.1, -0.05) is 57.2 Å². The summed E-state index contributed by atoms with van der Waals surface area (Å²) in [4.78, 5) is 0. The molecule has 1 aliphatic rings. The second-order valence-electron chi connectivity index (χ2n) is 8.22. The van der Waals surface area contributed by atoms with Gasteiger partial charge >= 0.3 is 0 Å². The van der Waals surface area contributed by atoms with E-state index in [0.29, 0.717) is 13.2 Å². The second kappa shape index (κ2) is 8.14. The predicted molar refractivity (Wildman–Crippen MR) is 103 cm³/mol. The van der Waals surface area contributed by atoms with Crippen LogP contribution in [0.2, 0.25) is 18.1 Å². The number of hydrogen-bond acceptors (Lipinski definition) is 4. The van der Waals surface area contributed by atoms with E-state index in [1.807, 2.05) is 30.3 Å². The average Bonchev–Trinajstić information content (AvgIpc) is 2.54. The summed E-state index contributed by atoms with van der Waals surface area (Å²) in [5.41, 5.74) is 1.05. The van der Waals surface area contributed by atoms with Crippen LogP contribution in [0.15, 0.2) is 43.0 Å². The Morgan fingerprint density at radius 2 is 1.92 bits per heavy atom. The van der Waals surface area contributed by atoms with Crippen molar-refractivity contribution in [2.45, 2.75) is 64.0 Å². The predicted octanol–water partition coefficient (Wildman–Crippen LogP) is 4.11. The van der Waals surface area contributed by atoms with Crippen LogP contribution >= 0.6 is 0 Å². The van der Waals surface area contributed by atoms with Crippen LogP contribution < -0.4 is 0 Å². The zero-order valence-corrected chi connectivity index (χ0v) is 17.1. The quantitative estimate of drug-likeness (QED) is 0.609. The number of hydrogen-bond donors (Lipinski definition) is 1. The fraction of sp³-hybridized carbons (Fsp3) is 0.600. The molecule has 0 bridgehead atoms. The second-order valence-corrected chi connectivity index (χ2v) is 13.0. The number of benzene rings is 1. The smallest absolute Gasteiger partial charge is 0.192 e. The van der Waals surface area contributed by atoms with Gasteiger partial charge in [-0.25, -0.2) is 0 Å². The first-order valence-corrected chi connectivity index (χ1v) is 11.8. The van der Waals surface area contributed by atoms with Gasteiger partial charge in [0, 0.05) is 5.92 Å². The molecule has 1 aromatic carbocycles. The fourth-order valence-corrected chi connectivity index (χ4v) is 3.99. The van der Waals surface area contributed by atoms with E-state index in [4.69, 9.17) is 13.9 Å². The Balaban J connectivity index is 1.99. The Hall–Kier alpha value is -0.983. The van der Waals surface area contributed by atoms with E-state index in [0.717, 1.165) is 5.56 Å². The summed E-state index contributed by atoms with van der Waals surface area (Å²) < 4.78 is 18.0. The largest absolute Gasteiger partial charge is 0.411 e. The molecule has 1 aliphatic heterocycles. The molecule has 1 saturated heterocycles. The molecule has 5 heteroatoms. The van der Waals surface area contributed by atoms with Gasteiger partial charge in [-0.05, 0) is 23.7 Å². The van der Waals surface area contributed by atoms with Gasteiger partial charge in [0.25, 0.3) is 0 Å². The van der Waals surface area contributed by atoms with Gasteiger partial charge in [0.2, 0.25) is 0 Å². The van der Waals surface area contributed by atoms with E-state index in [2.05, 4.69) is 40.4 Å². The number of ether oxygens (including phenoxy) is 2. The highest BCUT2D eigenvalue weighted by atomic mass is 28.4. The molecule has 1 N–H and O–H groups in total. The Labute approximate surface area is 152 Å². The van der Waals surface area contributed by atoms with Crippen LogP contribution in [0.3, 0.4) is 0 Å². The normalized spacial score (nSPS) is 27.9. The maximum Gasteiger partial charge on any atom is 0.192 e. The van der Waals surface area contributed by atoms with Crippen molar-refractivity contribution in [2.75, 3.05) is 6.61 Å². The minimum absolute atomic E-state index is 0.102. The summed E-state index contributed by atoms with van der Waals surface area (Å²) in [6.07, 6.45) is 0.126. The SMILES string of the molecule is C=C[C@H]1[C@H](O)[C@@H](OCc2ccccc2)OC[C@@H]1O[Si](C)(C)C(C)(C)C. The van der Waals surface area contributed by atoms with Crippen molar-refractivity contribution < 1.29 is 19.0 Å². The van der Waals surface area contributed by atoms with Crippen molar-refractivity contribution in [1.29, 1.82) is 0 Å². The van der Waals surface area contributed by atoms with Crippen molar-refractivity contribution in [3.8, 4) is 0 Å². The highest BCUT2D eigenvalue weighted by Gasteiger charge is 2.45. The number of aliphatic hydroxyl groups is 1. The third-order valence-electron chi connectivity index (χ3n) is 5.31. The molecule has 0 spiro atoms. The summed E-state index contributed by atoms with van der Waals surface area (Å²) in [6.45, 7) is 15.7. The van der Waals surface area contributed by atoms with Gasteiger partial charge in [-0.3, -0.25) is 0 Å². The Bertz CT molecular complexity index is 553. The van der Waals surface area contributed by atoms with E-state index in [1.54, 1.807) is 6.08 Å².